The fraction of sp³-hybridized carbons (Fsp3) is 0.259. The molecule has 1 aromatic heterocycles. The van der Waals surface area contributed by atoms with E-state index in [1.54, 1.807) is 32.0 Å². The molecule has 0 spiro atoms. The van der Waals surface area contributed by atoms with Crippen molar-refractivity contribution in [3.8, 4) is 17.2 Å². The van der Waals surface area contributed by atoms with E-state index in [9.17, 15) is 4.79 Å². The fourth-order valence-corrected chi connectivity index (χ4v) is 3.60. The van der Waals surface area contributed by atoms with Gasteiger partial charge in [-0.15, -0.1) is 0 Å². The predicted molar refractivity (Wildman–Crippen MR) is 133 cm³/mol. The fourth-order valence-electron chi connectivity index (χ4n) is 3.40. The van der Waals surface area contributed by atoms with Crippen LogP contribution in [0.3, 0.4) is 0 Å². The van der Waals surface area contributed by atoms with Crippen molar-refractivity contribution in [3.63, 3.8) is 0 Å². The molecule has 0 saturated heterocycles. The van der Waals surface area contributed by atoms with Gasteiger partial charge in [-0.25, -0.2) is 4.98 Å². The van der Waals surface area contributed by atoms with Crippen molar-refractivity contribution >= 4 is 34.3 Å². The van der Waals surface area contributed by atoms with Gasteiger partial charge in [-0.2, -0.15) is 0 Å². The lowest BCUT2D eigenvalue weighted by molar-refractivity contribution is -0.128. The van der Waals surface area contributed by atoms with Gasteiger partial charge >= 0.3 is 0 Å². The lowest BCUT2D eigenvalue weighted by Crippen LogP contribution is -2.42. The van der Waals surface area contributed by atoms with Gasteiger partial charge in [-0.05, 0) is 67.3 Å². The Morgan fingerprint density at radius 2 is 1.67 bits per heavy atom. The smallest absolute Gasteiger partial charge is 0.267 e. The zero-order valence-electron chi connectivity index (χ0n) is 19.4. The van der Waals surface area contributed by atoms with Crippen LogP contribution in [0.4, 0.5) is 5.69 Å². The highest BCUT2D eigenvalue weighted by Gasteiger charge is 2.30. The number of halogens is 1. The minimum Gasteiger partial charge on any atom is -0.478 e. The molecule has 1 N–H and O–H groups in total. The summed E-state index contributed by atoms with van der Waals surface area (Å²) in [7, 11) is 0. The molecule has 0 saturated carbocycles. The summed E-state index contributed by atoms with van der Waals surface area (Å²) in [6, 6.07) is 20.5. The van der Waals surface area contributed by atoms with Crippen LogP contribution in [-0.2, 0) is 10.2 Å². The Labute approximate surface area is 198 Å². The molecule has 33 heavy (non-hydrogen) atoms. The van der Waals surface area contributed by atoms with E-state index in [0.717, 1.165) is 5.52 Å². The van der Waals surface area contributed by atoms with Crippen molar-refractivity contribution in [3.05, 3.63) is 77.3 Å². The lowest BCUT2D eigenvalue weighted by Gasteiger charge is -2.26. The summed E-state index contributed by atoms with van der Waals surface area (Å²) in [5.74, 6) is 0.742. The summed E-state index contributed by atoms with van der Waals surface area (Å²) in [5, 5.41) is 3.40. The molecule has 0 radical (unpaired) electrons. The Bertz CT molecular complexity index is 1270. The lowest BCUT2D eigenvalue weighted by atomic mass is 9.87. The highest BCUT2D eigenvalue weighted by molar-refractivity contribution is 6.33. The Balaban J connectivity index is 1.52. The molecular weight excluding hydrogens is 436 g/mol. The van der Waals surface area contributed by atoms with Gasteiger partial charge in [-0.3, -0.25) is 4.79 Å². The summed E-state index contributed by atoms with van der Waals surface area (Å²) >= 11 is 6.40. The third-order valence-corrected chi connectivity index (χ3v) is 5.72. The van der Waals surface area contributed by atoms with E-state index in [2.05, 4.69) is 31.1 Å². The van der Waals surface area contributed by atoms with Gasteiger partial charge in [0, 0.05) is 5.69 Å². The number of hydrogen-bond acceptors (Lipinski definition) is 4. The summed E-state index contributed by atoms with van der Waals surface area (Å²) in [6.45, 7) is 9.93. The minimum absolute atomic E-state index is 0.0480. The number of amides is 1. The Morgan fingerprint density at radius 1 is 0.970 bits per heavy atom. The molecule has 1 heterocycles. The molecular formula is C27H27ClN2O3. The largest absolute Gasteiger partial charge is 0.478 e. The van der Waals surface area contributed by atoms with Crippen LogP contribution < -0.4 is 10.1 Å². The Morgan fingerprint density at radius 3 is 2.33 bits per heavy atom. The maximum Gasteiger partial charge on any atom is 0.267 e. The van der Waals surface area contributed by atoms with Crippen molar-refractivity contribution in [1.29, 1.82) is 0 Å². The van der Waals surface area contributed by atoms with Crippen LogP contribution in [0.25, 0.3) is 22.6 Å². The number of nitrogens with one attached hydrogen (secondary N) is 1. The molecule has 4 rings (SSSR count). The van der Waals surface area contributed by atoms with Crippen LogP contribution in [0.1, 0.15) is 40.2 Å². The average molecular weight is 463 g/mol. The van der Waals surface area contributed by atoms with Crippen molar-refractivity contribution in [2.24, 2.45) is 0 Å². The number of oxazole rings is 1. The number of nitrogens with zero attached hydrogens (tertiary/aromatic N) is 1. The van der Waals surface area contributed by atoms with E-state index >= 15 is 0 Å². The first-order chi connectivity index (χ1) is 15.5. The van der Waals surface area contributed by atoms with Crippen LogP contribution in [0, 0.1) is 0 Å². The molecule has 170 valence electrons. The van der Waals surface area contributed by atoms with E-state index in [1.165, 1.54) is 5.56 Å². The number of para-hydroxylation sites is 2. The van der Waals surface area contributed by atoms with Crippen LogP contribution in [-0.4, -0.2) is 16.5 Å². The molecule has 0 bridgehead atoms. The monoisotopic (exact) mass is 462 g/mol. The van der Waals surface area contributed by atoms with E-state index < -0.39 is 5.60 Å². The van der Waals surface area contributed by atoms with Gasteiger partial charge < -0.3 is 14.5 Å². The summed E-state index contributed by atoms with van der Waals surface area (Å²) < 4.78 is 11.9. The number of fused-ring (bicyclic) bond motifs is 1. The van der Waals surface area contributed by atoms with Crippen molar-refractivity contribution in [2.75, 3.05) is 5.32 Å². The summed E-state index contributed by atoms with van der Waals surface area (Å²) in [5.41, 5.74) is 2.73. The molecule has 1 amide bonds. The number of benzene rings is 3. The first-order valence-corrected chi connectivity index (χ1v) is 11.2. The van der Waals surface area contributed by atoms with Crippen LogP contribution in [0.5, 0.6) is 5.75 Å². The Kier molecular flexibility index (Phi) is 5.93. The molecule has 6 heteroatoms. The second-order valence-electron chi connectivity index (χ2n) is 9.52. The maximum absolute atomic E-state index is 13.0. The normalized spacial score (nSPS) is 12.1. The number of carbonyl (C=O) groups excluding carboxylic acids is 1. The second-order valence-corrected chi connectivity index (χ2v) is 9.93. The second kappa shape index (κ2) is 8.56. The summed E-state index contributed by atoms with van der Waals surface area (Å²) in [6.07, 6.45) is 0. The quantitative estimate of drug-likeness (QED) is 0.339. The number of hydrogen-bond donors (Lipinski definition) is 1. The van der Waals surface area contributed by atoms with Gasteiger partial charge in [0.25, 0.3) is 5.91 Å². The van der Waals surface area contributed by atoms with Gasteiger partial charge in [0.05, 0.1) is 10.6 Å². The van der Waals surface area contributed by atoms with Crippen LogP contribution >= 0.6 is 11.6 Å². The SMILES string of the molecule is CC(C)(Oc1ccc(C(C)(C)C)cc1)C(=O)Nc1ccc(Cl)c(-c2nc3ccccc3o2)c1. The number of carbonyl (C=O) groups is 1. The molecule has 0 aliphatic heterocycles. The summed E-state index contributed by atoms with van der Waals surface area (Å²) in [4.78, 5) is 17.5. The third kappa shape index (κ3) is 5.04. The molecule has 0 aliphatic rings. The van der Waals surface area contributed by atoms with Crippen molar-refractivity contribution in [1.82, 2.24) is 4.98 Å². The first-order valence-electron chi connectivity index (χ1n) is 10.8. The minimum atomic E-state index is -1.10. The number of anilines is 1. The number of ether oxygens (including phenoxy) is 1. The molecule has 4 aromatic rings. The number of aromatic nitrogens is 1. The molecule has 0 fully saturated rings. The van der Waals surface area contributed by atoms with E-state index in [1.807, 2.05) is 48.5 Å². The predicted octanol–water partition coefficient (Wildman–Crippen LogP) is 7.24. The first kappa shape index (κ1) is 22.9. The highest BCUT2D eigenvalue weighted by atomic mass is 35.5. The average Bonchev–Trinajstić information content (AvgIpc) is 3.18. The highest BCUT2D eigenvalue weighted by Crippen LogP contribution is 2.33. The standard InChI is InChI=1S/C27H27ClN2O3/c1-26(2,3)17-10-13-19(14-11-17)33-27(4,5)25(31)29-18-12-15-21(28)20(16-18)24-30-22-8-6-7-9-23(22)32-24/h6-16H,1-5H3,(H,29,31). The topological polar surface area (TPSA) is 64.4 Å². The van der Waals surface area contributed by atoms with E-state index in [4.69, 9.17) is 20.8 Å². The molecule has 0 unspecified atom stereocenters. The van der Waals surface area contributed by atoms with Crippen molar-refractivity contribution in [2.45, 2.75) is 45.6 Å². The van der Waals surface area contributed by atoms with Crippen LogP contribution in [0.2, 0.25) is 5.02 Å². The van der Waals surface area contributed by atoms with Gasteiger partial charge in [0.2, 0.25) is 5.89 Å². The van der Waals surface area contributed by atoms with Gasteiger partial charge in [0.1, 0.15) is 11.3 Å². The van der Waals surface area contributed by atoms with E-state index in [-0.39, 0.29) is 11.3 Å². The Hall–Kier alpha value is -3.31. The van der Waals surface area contributed by atoms with E-state index in [0.29, 0.717) is 33.5 Å². The molecule has 5 nitrogen and oxygen atoms in total. The zero-order valence-corrected chi connectivity index (χ0v) is 20.2. The molecule has 3 aromatic carbocycles. The maximum atomic E-state index is 13.0. The molecule has 0 atom stereocenters. The van der Waals surface area contributed by atoms with Crippen molar-refractivity contribution < 1.29 is 13.9 Å². The number of rotatable bonds is 5. The van der Waals surface area contributed by atoms with Gasteiger partial charge in [0.15, 0.2) is 11.2 Å². The third-order valence-electron chi connectivity index (χ3n) is 5.39. The van der Waals surface area contributed by atoms with Crippen LogP contribution in [0.15, 0.2) is 71.1 Å². The zero-order chi connectivity index (χ0) is 23.8. The molecule has 0 aliphatic carbocycles. The van der Waals surface area contributed by atoms with Gasteiger partial charge in [-0.1, -0.05) is 56.6 Å².